The zero-order valence-electron chi connectivity index (χ0n) is 7.47. The largest absolute Gasteiger partial charge is 0.508 e. The van der Waals surface area contributed by atoms with Crippen LogP contribution in [0.4, 0.5) is 0 Å². The van der Waals surface area contributed by atoms with Crippen molar-refractivity contribution in [1.29, 1.82) is 0 Å². The van der Waals surface area contributed by atoms with Crippen LogP contribution in [0.1, 0.15) is 22.0 Å². The van der Waals surface area contributed by atoms with Crippen LogP contribution in [0.2, 0.25) is 0 Å². The summed E-state index contributed by atoms with van der Waals surface area (Å²) in [6.45, 7) is 3.48. The fourth-order valence-electron chi connectivity index (χ4n) is 1.09. The van der Waals surface area contributed by atoms with E-state index in [1.807, 2.05) is 0 Å². The van der Waals surface area contributed by atoms with Crippen molar-refractivity contribution in [2.45, 2.75) is 6.04 Å². The van der Waals surface area contributed by atoms with Crippen LogP contribution in [0.5, 0.6) is 5.75 Å². The lowest BCUT2D eigenvalue weighted by atomic mass is 10.0. The van der Waals surface area contributed by atoms with Gasteiger partial charge in [0.1, 0.15) is 5.75 Å². The third-order valence-corrected chi connectivity index (χ3v) is 1.89. The molecule has 0 aliphatic heterocycles. The first-order valence-corrected chi connectivity index (χ1v) is 4.00. The van der Waals surface area contributed by atoms with Gasteiger partial charge in [-0.1, -0.05) is 12.1 Å². The second kappa shape index (κ2) is 3.93. The van der Waals surface area contributed by atoms with E-state index in [1.54, 1.807) is 0 Å². The maximum Gasteiger partial charge on any atom is 0.335 e. The monoisotopic (exact) mass is 193 g/mol. The second-order valence-electron chi connectivity index (χ2n) is 2.84. The number of hydrogen-bond donors (Lipinski definition) is 3. The standard InChI is InChI=1S/C10H11NO3/c1-2-8(11)7-4-3-6(10(13)14)5-9(7)12/h2-5,8,12H,1,11H2,(H,13,14)/t8-/m0/s1. The molecule has 0 aromatic heterocycles. The summed E-state index contributed by atoms with van der Waals surface area (Å²) in [5, 5.41) is 18.1. The first kappa shape index (κ1) is 10.3. The van der Waals surface area contributed by atoms with E-state index in [9.17, 15) is 9.90 Å². The average Bonchev–Trinajstić information content (AvgIpc) is 2.16. The molecule has 0 saturated carbocycles. The van der Waals surface area contributed by atoms with Crippen molar-refractivity contribution < 1.29 is 15.0 Å². The number of aromatic carboxylic acids is 1. The summed E-state index contributed by atoms with van der Waals surface area (Å²) >= 11 is 0. The number of carboxylic acid groups (broad SMARTS) is 1. The first-order chi connectivity index (χ1) is 6.56. The Morgan fingerprint density at radius 2 is 2.21 bits per heavy atom. The molecule has 0 heterocycles. The molecule has 0 spiro atoms. The van der Waals surface area contributed by atoms with E-state index < -0.39 is 12.0 Å². The Kier molecular flexibility index (Phi) is 2.89. The van der Waals surface area contributed by atoms with Crippen molar-refractivity contribution in [3.63, 3.8) is 0 Å². The van der Waals surface area contributed by atoms with Gasteiger partial charge >= 0.3 is 5.97 Å². The van der Waals surface area contributed by atoms with Crippen LogP contribution >= 0.6 is 0 Å². The van der Waals surface area contributed by atoms with Crippen molar-refractivity contribution in [3.8, 4) is 5.75 Å². The van der Waals surface area contributed by atoms with E-state index in [2.05, 4.69) is 6.58 Å². The number of benzene rings is 1. The van der Waals surface area contributed by atoms with Crippen LogP contribution in [0.3, 0.4) is 0 Å². The number of phenols is 1. The fraction of sp³-hybridized carbons (Fsp3) is 0.100. The van der Waals surface area contributed by atoms with Gasteiger partial charge in [-0.05, 0) is 12.1 Å². The molecule has 0 aliphatic rings. The maximum absolute atomic E-state index is 10.5. The summed E-state index contributed by atoms with van der Waals surface area (Å²) in [5.74, 6) is -1.21. The molecule has 4 nitrogen and oxygen atoms in total. The van der Waals surface area contributed by atoms with E-state index in [-0.39, 0.29) is 11.3 Å². The van der Waals surface area contributed by atoms with Crippen LogP contribution in [-0.2, 0) is 0 Å². The molecule has 0 aliphatic carbocycles. The highest BCUT2D eigenvalue weighted by molar-refractivity contribution is 5.88. The summed E-state index contributed by atoms with van der Waals surface area (Å²) in [7, 11) is 0. The molecule has 0 unspecified atom stereocenters. The number of aromatic hydroxyl groups is 1. The summed E-state index contributed by atoms with van der Waals surface area (Å²) in [4.78, 5) is 10.5. The van der Waals surface area contributed by atoms with Gasteiger partial charge in [0.2, 0.25) is 0 Å². The van der Waals surface area contributed by atoms with E-state index >= 15 is 0 Å². The molecule has 1 aromatic rings. The number of carboxylic acids is 1. The normalized spacial score (nSPS) is 12.1. The Labute approximate surface area is 81.3 Å². The summed E-state index contributed by atoms with van der Waals surface area (Å²) in [5.41, 5.74) is 6.09. The molecule has 1 aromatic carbocycles. The van der Waals surface area contributed by atoms with Gasteiger partial charge in [0.05, 0.1) is 11.6 Å². The van der Waals surface area contributed by atoms with Crippen molar-refractivity contribution >= 4 is 5.97 Å². The predicted octanol–water partition coefficient (Wildman–Crippen LogP) is 1.28. The predicted molar refractivity (Wildman–Crippen MR) is 52.2 cm³/mol. The van der Waals surface area contributed by atoms with Crippen molar-refractivity contribution in [3.05, 3.63) is 42.0 Å². The molecule has 74 valence electrons. The van der Waals surface area contributed by atoms with Gasteiger partial charge in [0.15, 0.2) is 0 Å². The molecule has 0 amide bonds. The third kappa shape index (κ3) is 1.92. The zero-order chi connectivity index (χ0) is 10.7. The van der Waals surface area contributed by atoms with Gasteiger partial charge in [-0.15, -0.1) is 6.58 Å². The second-order valence-corrected chi connectivity index (χ2v) is 2.84. The minimum atomic E-state index is -1.08. The summed E-state index contributed by atoms with van der Waals surface area (Å²) in [6.07, 6.45) is 1.47. The minimum absolute atomic E-state index is 0.0301. The number of hydrogen-bond acceptors (Lipinski definition) is 3. The van der Waals surface area contributed by atoms with Gasteiger partial charge in [0, 0.05) is 5.56 Å². The highest BCUT2D eigenvalue weighted by atomic mass is 16.4. The quantitative estimate of drug-likeness (QED) is 0.631. The van der Waals surface area contributed by atoms with Crippen LogP contribution in [0, 0.1) is 0 Å². The lowest BCUT2D eigenvalue weighted by Crippen LogP contribution is -2.07. The topological polar surface area (TPSA) is 83.6 Å². The van der Waals surface area contributed by atoms with E-state index in [1.165, 1.54) is 24.3 Å². The first-order valence-electron chi connectivity index (χ1n) is 4.00. The molecule has 4 N–H and O–H groups in total. The SMILES string of the molecule is C=C[C@H](N)c1ccc(C(=O)O)cc1O. The van der Waals surface area contributed by atoms with E-state index in [0.29, 0.717) is 5.56 Å². The summed E-state index contributed by atoms with van der Waals surface area (Å²) < 4.78 is 0. The Morgan fingerprint density at radius 3 is 2.64 bits per heavy atom. The highest BCUT2D eigenvalue weighted by Gasteiger charge is 2.10. The third-order valence-electron chi connectivity index (χ3n) is 1.89. The maximum atomic E-state index is 10.5. The number of carbonyl (C=O) groups is 1. The molecule has 0 saturated heterocycles. The van der Waals surface area contributed by atoms with Gasteiger partial charge < -0.3 is 15.9 Å². The van der Waals surface area contributed by atoms with Crippen molar-refractivity contribution in [2.75, 3.05) is 0 Å². The minimum Gasteiger partial charge on any atom is -0.508 e. The molecule has 4 heteroatoms. The number of nitrogens with two attached hydrogens (primary N) is 1. The molecule has 1 rings (SSSR count). The van der Waals surface area contributed by atoms with Crippen LogP contribution in [0.15, 0.2) is 30.9 Å². The average molecular weight is 193 g/mol. The number of phenolic OH excluding ortho intramolecular Hbond substituents is 1. The smallest absolute Gasteiger partial charge is 0.335 e. The van der Waals surface area contributed by atoms with Crippen molar-refractivity contribution in [2.24, 2.45) is 5.73 Å². The molecular weight excluding hydrogens is 182 g/mol. The Balaban J connectivity index is 3.13. The molecule has 0 fully saturated rings. The van der Waals surface area contributed by atoms with Crippen LogP contribution < -0.4 is 5.73 Å². The van der Waals surface area contributed by atoms with E-state index in [4.69, 9.17) is 10.8 Å². The lowest BCUT2D eigenvalue weighted by Gasteiger charge is -2.09. The Morgan fingerprint density at radius 1 is 1.57 bits per heavy atom. The van der Waals surface area contributed by atoms with Crippen LogP contribution in [0.25, 0.3) is 0 Å². The number of rotatable bonds is 3. The molecule has 0 bridgehead atoms. The molecule has 0 radical (unpaired) electrons. The molecular formula is C10H11NO3. The van der Waals surface area contributed by atoms with Crippen molar-refractivity contribution in [1.82, 2.24) is 0 Å². The Bertz CT molecular complexity index is 374. The van der Waals surface area contributed by atoms with Gasteiger partial charge in [0.25, 0.3) is 0 Å². The molecule has 1 atom stereocenters. The van der Waals surface area contributed by atoms with Crippen LogP contribution in [-0.4, -0.2) is 16.2 Å². The fourth-order valence-corrected chi connectivity index (χ4v) is 1.09. The lowest BCUT2D eigenvalue weighted by molar-refractivity contribution is 0.0696. The highest BCUT2D eigenvalue weighted by Crippen LogP contribution is 2.24. The van der Waals surface area contributed by atoms with Gasteiger partial charge in [-0.3, -0.25) is 0 Å². The van der Waals surface area contributed by atoms with Gasteiger partial charge in [-0.2, -0.15) is 0 Å². The molecule has 14 heavy (non-hydrogen) atoms. The van der Waals surface area contributed by atoms with Gasteiger partial charge in [-0.25, -0.2) is 4.79 Å². The summed E-state index contributed by atoms with van der Waals surface area (Å²) in [6, 6.07) is 3.55. The zero-order valence-corrected chi connectivity index (χ0v) is 7.47. The Hall–Kier alpha value is -1.81. The van der Waals surface area contributed by atoms with E-state index in [0.717, 1.165) is 0 Å².